The molecule has 0 saturated heterocycles. The number of aromatic nitrogens is 2. The third-order valence-electron chi connectivity index (χ3n) is 2.32. The van der Waals surface area contributed by atoms with E-state index >= 15 is 0 Å². The number of nitrogens with zero attached hydrogens (tertiary/aromatic N) is 2. The van der Waals surface area contributed by atoms with E-state index in [0.29, 0.717) is 29.9 Å². The van der Waals surface area contributed by atoms with E-state index in [4.69, 9.17) is 15.3 Å². The van der Waals surface area contributed by atoms with E-state index < -0.39 is 0 Å². The Morgan fingerprint density at radius 2 is 1.84 bits per heavy atom. The molecule has 6 heteroatoms. The fourth-order valence-corrected chi connectivity index (χ4v) is 1.56. The number of nitrogens with one attached hydrogen (secondary N) is 1. The highest BCUT2D eigenvalue weighted by molar-refractivity contribution is 5.39. The van der Waals surface area contributed by atoms with Crippen molar-refractivity contribution < 1.29 is 9.47 Å². The number of hydrogen-bond acceptors (Lipinski definition) is 6. The average Bonchev–Trinajstić information content (AvgIpc) is 2.40. The molecule has 0 spiro atoms. The molecule has 0 unspecified atom stereocenters. The molecular formula is C13H16N4O2. The van der Waals surface area contributed by atoms with Crippen molar-refractivity contribution in [2.45, 2.75) is 13.8 Å². The first-order chi connectivity index (χ1) is 9.21. The van der Waals surface area contributed by atoms with Crippen molar-refractivity contribution >= 4 is 5.82 Å². The van der Waals surface area contributed by atoms with Crippen molar-refractivity contribution in [2.75, 3.05) is 12.0 Å². The second kappa shape index (κ2) is 6.01. The minimum absolute atomic E-state index is 0.435. The van der Waals surface area contributed by atoms with Gasteiger partial charge in [-0.3, -0.25) is 0 Å². The molecule has 1 heterocycles. The van der Waals surface area contributed by atoms with E-state index in [1.165, 1.54) is 0 Å². The molecule has 6 nitrogen and oxygen atoms in total. The number of rotatable bonds is 5. The van der Waals surface area contributed by atoms with Crippen LogP contribution < -0.4 is 20.7 Å². The first-order valence-electron chi connectivity index (χ1n) is 5.94. The molecule has 0 atom stereocenters. The second-order valence-corrected chi connectivity index (χ2v) is 3.79. The van der Waals surface area contributed by atoms with E-state index in [9.17, 15) is 0 Å². The van der Waals surface area contributed by atoms with Crippen molar-refractivity contribution in [1.29, 1.82) is 0 Å². The van der Waals surface area contributed by atoms with Crippen molar-refractivity contribution in [3.05, 3.63) is 36.2 Å². The van der Waals surface area contributed by atoms with Crippen LogP contribution in [0.5, 0.6) is 17.4 Å². The Morgan fingerprint density at radius 3 is 2.47 bits per heavy atom. The molecule has 100 valence electrons. The Kier molecular flexibility index (Phi) is 4.15. The number of hydrogen-bond donors (Lipinski definition) is 2. The average molecular weight is 260 g/mol. The van der Waals surface area contributed by atoms with Gasteiger partial charge in [0.25, 0.3) is 0 Å². The maximum absolute atomic E-state index is 5.63. The molecule has 0 radical (unpaired) electrons. The van der Waals surface area contributed by atoms with Gasteiger partial charge >= 0.3 is 0 Å². The zero-order valence-electron chi connectivity index (χ0n) is 10.9. The Bertz CT molecular complexity index is 543. The molecule has 0 saturated carbocycles. The summed E-state index contributed by atoms with van der Waals surface area (Å²) in [6.07, 6.45) is 0. The van der Waals surface area contributed by atoms with Crippen molar-refractivity contribution in [3.8, 4) is 17.4 Å². The molecule has 2 rings (SSSR count). The number of ether oxygens (including phenoxy) is 2. The van der Waals surface area contributed by atoms with Gasteiger partial charge in [-0.05, 0) is 38.1 Å². The fourth-order valence-electron chi connectivity index (χ4n) is 1.56. The normalized spacial score (nSPS) is 10.1. The summed E-state index contributed by atoms with van der Waals surface area (Å²) >= 11 is 0. The molecule has 0 amide bonds. The Hall–Kier alpha value is -2.34. The van der Waals surface area contributed by atoms with Crippen molar-refractivity contribution in [3.63, 3.8) is 0 Å². The molecule has 3 N–H and O–H groups in total. The third kappa shape index (κ3) is 3.56. The molecule has 19 heavy (non-hydrogen) atoms. The maximum atomic E-state index is 5.63. The van der Waals surface area contributed by atoms with Crippen LogP contribution in [0.3, 0.4) is 0 Å². The molecule has 0 fully saturated rings. The topological polar surface area (TPSA) is 82.3 Å². The van der Waals surface area contributed by atoms with Gasteiger partial charge in [-0.15, -0.1) is 0 Å². The minimum Gasteiger partial charge on any atom is -0.494 e. The van der Waals surface area contributed by atoms with Gasteiger partial charge in [0.05, 0.1) is 6.61 Å². The number of aryl methyl sites for hydroxylation is 1. The van der Waals surface area contributed by atoms with Gasteiger partial charge in [-0.1, -0.05) is 0 Å². The van der Waals surface area contributed by atoms with Gasteiger partial charge in [-0.25, -0.2) is 10.8 Å². The molecule has 0 bridgehead atoms. The van der Waals surface area contributed by atoms with Crippen LogP contribution in [0.2, 0.25) is 0 Å². The van der Waals surface area contributed by atoms with Crippen LogP contribution in [0.15, 0.2) is 30.3 Å². The lowest BCUT2D eigenvalue weighted by atomic mass is 10.3. The van der Waals surface area contributed by atoms with Gasteiger partial charge in [-0.2, -0.15) is 4.98 Å². The minimum atomic E-state index is 0.435. The van der Waals surface area contributed by atoms with Crippen LogP contribution in [-0.4, -0.2) is 16.6 Å². The molecule has 0 aliphatic carbocycles. The number of nitrogens with two attached hydrogens (primary N) is 1. The van der Waals surface area contributed by atoms with E-state index in [1.54, 1.807) is 13.0 Å². The van der Waals surface area contributed by atoms with Crippen LogP contribution in [0.25, 0.3) is 0 Å². The number of benzene rings is 1. The zero-order valence-corrected chi connectivity index (χ0v) is 10.9. The van der Waals surface area contributed by atoms with Gasteiger partial charge in [0.2, 0.25) is 5.88 Å². The fraction of sp³-hybridized carbons (Fsp3) is 0.231. The van der Waals surface area contributed by atoms with E-state index in [0.717, 1.165) is 5.75 Å². The summed E-state index contributed by atoms with van der Waals surface area (Å²) in [7, 11) is 0. The Balaban J connectivity index is 2.14. The molecule has 1 aromatic heterocycles. The first kappa shape index (κ1) is 13.1. The monoisotopic (exact) mass is 260 g/mol. The summed E-state index contributed by atoms with van der Waals surface area (Å²) in [5, 5.41) is 0. The van der Waals surface area contributed by atoms with Crippen LogP contribution in [0.4, 0.5) is 5.82 Å². The summed E-state index contributed by atoms with van der Waals surface area (Å²) < 4.78 is 11.0. The highest BCUT2D eigenvalue weighted by Crippen LogP contribution is 2.23. The lowest BCUT2D eigenvalue weighted by Crippen LogP contribution is -2.09. The summed E-state index contributed by atoms with van der Waals surface area (Å²) in [6.45, 7) is 4.35. The molecule has 0 aliphatic heterocycles. The quantitative estimate of drug-likeness (QED) is 0.634. The predicted octanol–water partition coefficient (Wildman–Crippen LogP) is 2.26. The van der Waals surface area contributed by atoms with Crippen LogP contribution >= 0.6 is 0 Å². The van der Waals surface area contributed by atoms with Crippen LogP contribution in [-0.2, 0) is 0 Å². The van der Waals surface area contributed by atoms with Crippen molar-refractivity contribution in [1.82, 2.24) is 9.97 Å². The molecule has 2 aromatic rings. The molecule has 1 aromatic carbocycles. The summed E-state index contributed by atoms with van der Waals surface area (Å²) in [5.74, 6) is 8.32. The van der Waals surface area contributed by atoms with E-state index in [1.807, 2.05) is 31.2 Å². The summed E-state index contributed by atoms with van der Waals surface area (Å²) in [4.78, 5) is 8.26. The summed E-state index contributed by atoms with van der Waals surface area (Å²) in [5.41, 5.74) is 2.47. The van der Waals surface area contributed by atoms with E-state index in [2.05, 4.69) is 15.4 Å². The standard InChI is InChI=1S/C13H16N4O2/c1-3-18-10-4-6-11(7-5-10)19-13-8-12(17-14)15-9(2)16-13/h4-8H,3,14H2,1-2H3,(H,15,16,17). The maximum Gasteiger partial charge on any atom is 0.224 e. The lowest BCUT2D eigenvalue weighted by molar-refractivity contribution is 0.339. The SMILES string of the molecule is CCOc1ccc(Oc2cc(NN)nc(C)n2)cc1. The predicted molar refractivity (Wildman–Crippen MR) is 72.3 cm³/mol. The smallest absolute Gasteiger partial charge is 0.224 e. The zero-order chi connectivity index (χ0) is 13.7. The third-order valence-corrected chi connectivity index (χ3v) is 2.32. The largest absolute Gasteiger partial charge is 0.494 e. The van der Waals surface area contributed by atoms with Gasteiger partial charge < -0.3 is 14.9 Å². The second-order valence-electron chi connectivity index (χ2n) is 3.79. The highest BCUT2D eigenvalue weighted by Gasteiger charge is 2.03. The lowest BCUT2D eigenvalue weighted by Gasteiger charge is -2.08. The first-order valence-corrected chi connectivity index (χ1v) is 5.94. The summed E-state index contributed by atoms with van der Waals surface area (Å²) in [6, 6.07) is 8.95. The van der Waals surface area contributed by atoms with Crippen LogP contribution in [0.1, 0.15) is 12.7 Å². The van der Waals surface area contributed by atoms with Crippen LogP contribution in [0, 0.1) is 6.92 Å². The number of anilines is 1. The van der Waals surface area contributed by atoms with E-state index in [-0.39, 0.29) is 0 Å². The Labute approximate surface area is 111 Å². The van der Waals surface area contributed by atoms with Crippen molar-refractivity contribution in [2.24, 2.45) is 5.84 Å². The Morgan fingerprint density at radius 1 is 1.16 bits per heavy atom. The van der Waals surface area contributed by atoms with Gasteiger partial charge in [0, 0.05) is 6.07 Å². The molecule has 0 aliphatic rings. The van der Waals surface area contributed by atoms with Gasteiger partial charge in [0.15, 0.2) is 0 Å². The highest BCUT2D eigenvalue weighted by atomic mass is 16.5. The van der Waals surface area contributed by atoms with Gasteiger partial charge in [0.1, 0.15) is 23.1 Å². The number of nitrogen functional groups attached to an aromatic ring is 1. The number of hydrazine groups is 1. The molecular weight excluding hydrogens is 244 g/mol.